The minimum absolute atomic E-state index is 0.630. The summed E-state index contributed by atoms with van der Waals surface area (Å²) in [6.45, 7) is 2.00. The highest BCUT2D eigenvalue weighted by Crippen LogP contribution is 2.28. The molecular formula is C33H24N4. The standard InChI is InChI=1S/C33H24N4/c1-23-10-8-17-30(34-23)28-15-9-16-29(22-28)33-36-31(26-13-6-3-7-14-26)35-32(37-33)27-20-18-25(19-21-27)24-11-4-2-5-12-24/h2-22H,1H3. The number of rotatable bonds is 5. The molecule has 0 saturated carbocycles. The minimum atomic E-state index is 0.630. The van der Waals surface area contributed by atoms with Gasteiger partial charge in [0.25, 0.3) is 0 Å². The molecule has 0 spiro atoms. The largest absolute Gasteiger partial charge is 0.253 e. The summed E-state index contributed by atoms with van der Waals surface area (Å²) < 4.78 is 0. The lowest BCUT2D eigenvalue weighted by Gasteiger charge is -2.10. The third kappa shape index (κ3) is 4.91. The normalized spacial score (nSPS) is 10.8. The number of benzene rings is 4. The van der Waals surface area contributed by atoms with Gasteiger partial charge >= 0.3 is 0 Å². The molecule has 4 nitrogen and oxygen atoms in total. The van der Waals surface area contributed by atoms with Crippen LogP contribution in [0.5, 0.6) is 0 Å². The third-order valence-corrected chi connectivity index (χ3v) is 6.22. The Morgan fingerprint density at radius 3 is 1.46 bits per heavy atom. The van der Waals surface area contributed by atoms with Gasteiger partial charge in [0, 0.05) is 27.9 Å². The summed E-state index contributed by atoms with van der Waals surface area (Å²) >= 11 is 0. The molecule has 0 amide bonds. The topological polar surface area (TPSA) is 51.6 Å². The van der Waals surface area contributed by atoms with Gasteiger partial charge in [-0.15, -0.1) is 0 Å². The van der Waals surface area contributed by atoms with Crippen LogP contribution in [0.4, 0.5) is 0 Å². The van der Waals surface area contributed by atoms with E-state index >= 15 is 0 Å². The Bertz CT molecular complexity index is 1660. The molecule has 0 N–H and O–H groups in total. The van der Waals surface area contributed by atoms with Crippen molar-refractivity contribution in [3.8, 4) is 56.5 Å². The van der Waals surface area contributed by atoms with Crippen LogP contribution >= 0.6 is 0 Å². The zero-order valence-corrected chi connectivity index (χ0v) is 20.4. The summed E-state index contributed by atoms with van der Waals surface area (Å²) in [5.74, 6) is 1.92. The van der Waals surface area contributed by atoms with Gasteiger partial charge in [-0.05, 0) is 36.2 Å². The number of hydrogen-bond acceptors (Lipinski definition) is 4. The van der Waals surface area contributed by atoms with Gasteiger partial charge in [-0.2, -0.15) is 0 Å². The first kappa shape index (κ1) is 22.5. The Morgan fingerprint density at radius 2 is 0.811 bits per heavy atom. The molecule has 4 aromatic carbocycles. The van der Waals surface area contributed by atoms with Gasteiger partial charge in [0.1, 0.15) is 0 Å². The van der Waals surface area contributed by atoms with Crippen molar-refractivity contribution in [1.29, 1.82) is 0 Å². The predicted molar refractivity (Wildman–Crippen MR) is 150 cm³/mol. The molecule has 6 aromatic rings. The van der Waals surface area contributed by atoms with E-state index in [0.717, 1.165) is 39.2 Å². The molecule has 0 aliphatic heterocycles. The Morgan fingerprint density at radius 1 is 0.351 bits per heavy atom. The highest BCUT2D eigenvalue weighted by molar-refractivity contribution is 5.72. The second-order valence-electron chi connectivity index (χ2n) is 8.86. The van der Waals surface area contributed by atoms with Crippen molar-refractivity contribution >= 4 is 0 Å². The number of hydrogen-bond donors (Lipinski definition) is 0. The molecule has 0 bridgehead atoms. The molecule has 0 atom stereocenters. The van der Waals surface area contributed by atoms with Gasteiger partial charge in [0.15, 0.2) is 17.5 Å². The molecule has 2 aromatic heterocycles. The number of pyridine rings is 1. The van der Waals surface area contributed by atoms with Crippen molar-refractivity contribution in [2.45, 2.75) is 6.92 Å². The Balaban J connectivity index is 1.45. The van der Waals surface area contributed by atoms with Crippen LogP contribution in [0, 0.1) is 6.92 Å². The van der Waals surface area contributed by atoms with E-state index in [1.54, 1.807) is 0 Å². The van der Waals surface area contributed by atoms with Crippen molar-refractivity contribution in [3.63, 3.8) is 0 Å². The zero-order chi connectivity index (χ0) is 25.0. The smallest absolute Gasteiger partial charge is 0.164 e. The van der Waals surface area contributed by atoms with Crippen LogP contribution in [-0.4, -0.2) is 19.9 Å². The van der Waals surface area contributed by atoms with Gasteiger partial charge < -0.3 is 0 Å². The fraction of sp³-hybridized carbons (Fsp3) is 0.0303. The van der Waals surface area contributed by atoms with E-state index in [1.807, 2.05) is 85.8 Å². The molecule has 0 aliphatic rings. The van der Waals surface area contributed by atoms with E-state index in [2.05, 4.69) is 53.5 Å². The summed E-state index contributed by atoms with van der Waals surface area (Å²) in [4.78, 5) is 19.3. The monoisotopic (exact) mass is 476 g/mol. The van der Waals surface area contributed by atoms with Crippen molar-refractivity contribution in [1.82, 2.24) is 19.9 Å². The van der Waals surface area contributed by atoms with Crippen LogP contribution in [0.3, 0.4) is 0 Å². The Labute approximate surface area is 216 Å². The highest BCUT2D eigenvalue weighted by atomic mass is 15.0. The van der Waals surface area contributed by atoms with E-state index in [-0.39, 0.29) is 0 Å². The van der Waals surface area contributed by atoms with Gasteiger partial charge in [-0.1, -0.05) is 109 Å². The van der Waals surface area contributed by atoms with Crippen LogP contribution in [-0.2, 0) is 0 Å². The van der Waals surface area contributed by atoms with Crippen molar-refractivity contribution in [3.05, 3.63) is 133 Å². The molecular weight excluding hydrogens is 452 g/mol. The number of nitrogens with zero attached hydrogens (tertiary/aromatic N) is 4. The summed E-state index contributed by atoms with van der Waals surface area (Å²) in [6, 6.07) is 43.0. The van der Waals surface area contributed by atoms with E-state index in [4.69, 9.17) is 15.0 Å². The second kappa shape index (κ2) is 9.96. The predicted octanol–water partition coefficient (Wildman–Crippen LogP) is 7.91. The maximum atomic E-state index is 4.91. The van der Waals surface area contributed by atoms with Crippen molar-refractivity contribution in [2.24, 2.45) is 0 Å². The highest BCUT2D eigenvalue weighted by Gasteiger charge is 2.13. The summed E-state index contributed by atoms with van der Waals surface area (Å²) in [6.07, 6.45) is 0. The molecule has 4 heteroatoms. The van der Waals surface area contributed by atoms with Crippen LogP contribution < -0.4 is 0 Å². The van der Waals surface area contributed by atoms with E-state index in [1.165, 1.54) is 5.56 Å². The van der Waals surface area contributed by atoms with Crippen LogP contribution in [0.2, 0.25) is 0 Å². The Hall–Kier alpha value is -4.96. The SMILES string of the molecule is Cc1cccc(-c2cccc(-c3nc(-c4ccccc4)nc(-c4ccc(-c5ccccc5)cc4)n3)c2)n1. The Kier molecular flexibility index (Phi) is 6.05. The first-order valence-corrected chi connectivity index (χ1v) is 12.2. The van der Waals surface area contributed by atoms with Crippen LogP contribution in [0.1, 0.15) is 5.69 Å². The average Bonchev–Trinajstić information content (AvgIpc) is 2.98. The fourth-order valence-electron chi connectivity index (χ4n) is 4.31. The molecule has 37 heavy (non-hydrogen) atoms. The summed E-state index contributed by atoms with van der Waals surface area (Å²) in [5.41, 5.74) is 8.07. The van der Waals surface area contributed by atoms with Gasteiger partial charge in [0.05, 0.1) is 5.69 Å². The molecule has 0 fully saturated rings. The van der Waals surface area contributed by atoms with E-state index in [9.17, 15) is 0 Å². The molecule has 2 heterocycles. The lowest BCUT2D eigenvalue weighted by Crippen LogP contribution is -2.00. The number of aryl methyl sites for hydroxylation is 1. The van der Waals surface area contributed by atoms with Gasteiger partial charge in [-0.25, -0.2) is 15.0 Å². The first-order valence-electron chi connectivity index (χ1n) is 12.2. The molecule has 0 saturated heterocycles. The lowest BCUT2D eigenvalue weighted by molar-refractivity contribution is 1.07. The molecule has 176 valence electrons. The van der Waals surface area contributed by atoms with Crippen molar-refractivity contribution in [2.75, 3.05) is 0 Å². The number of aromatic nitrogens is 4. The molecule has 0 radical (unpaired) electrons. The summed E-state index contributed by atoms with van der Waals surface area (Å²) in [7, 11) is 0. The molecule has 0 unspecified atom stereocenters. The van der Waals surface area contributed by atoms with E-state index in [0.29, 0.717) is 17.5 Å². The van der Waals surface area contributed by atoms with Gasteiger partial charge in [-0.3, -0.25) is 4.98 Å². The lowest BCUT2D eigenvalue weighted by atomic mass is 10.0. The molecule has 0 aliphatic carbocycles. The van der Waals surface area contributed by atoms with Crippen LogP contribution in [0.25, 0.3) is 56.5 Å². The maximum Gasteiger partial charge on any atom is 0.164 e. The average molecular weight is 477 g/mol. The summed E-state index contributed by atoms with van der Waals surface area (Å²) in [5, 5.41) is 0. The fourth-order valence-corrected chi connectivity index (χ4v) is 4.31. The third-order valence-electron chi connectivity index (χ3n) is 6.22. The maximum absolute atomic E-state index is 4.91. The minimum Gasteiger partial charge on any atom is -0.253 e. The van der Waals surface area contributed by atoms with Gasteiger partial charge in [0.2, 0.25) is 0 Å². The zero-order valence-electron chi connectivity index (χ0n) is 20.4. The van der Waals surface area contributed by atoms with Crippen LogP contribution in [0.15, 0.2) is 127 Å². The van der Waals surface area contributed by atoms with E-state index < -0.39 is 0 Å². The second-order valence-corrected chi connectivity index (χ2v) is 8.86. The first-order chi connectivity index (χ1) is 18.2. The van der Waals surface area contributed by atoms with Crippen molar-refractivity contribution < 1.29 is 0 Å². The quantitative estimate of drug-likeness (QED) is 0.254. The molecule has 6 rings (SSSR count).